The van der Waals surface area contributed by atoms with Crippen LogP contribution in [0.5, 0.6) is 5.75 Å². The van der Waals surface area contributed by atoms with Gasteiger partial charge in [0.25, 0.3) is 0 Å². The smallest absolute Gasteiger partial charge is 0.227 e. The van der Waals surface area contributed by atoms with Crippen LogP contribution in [0.2, 0.25) is 5.02 Å². The molecule has 0 radical (unpaired) electrons. The Morgan fingerprint density at radius 2 is 2.29 bits per heavy atom. The highest BCUT2D eigenvalue weighted by Crippen LogP contribution is 2.34. The maximum atomic E-state index is 12.5. The van der Waals surface area contributed by atoms with Gasteiger partial charge in [-0.15, -0.1) is 0 Å². The molecule has 1 aliphatic rings. The zero-order valence-corrected chi connectivity index (χ0v) is 13.2. The summed E-state index contributed by atoms with van der Waals surface area (Å²) in [6, 6.07) is 5.29. The van der Waals surface area contributed by atoms with Gasteiger partial charge in [-0.2, -0.15) is 0 Å². The van der Waals surface area contributed by atoms with Crippen molar-refractivity contribution in [2.45, 2.75) is 32.6 Å². The first-order valence-electron chi connectivity index (χ1n) is 7.59. The number of amides is 1. The zero-order chi connectivity index (χ0) is 15.2. The molecule has 116 valence electrons. The van der Waals surface area contributed by atoms with E-state index in [1.165, 1.54) is 0 Å². The van der Waals surface area contributed by atoms with Gasteiger partial charge < -0.3 is 15.8 Å². The highest BCUT2D eigenvalue weighted by molar-refractivity contribution is 6.31. The van der Waals surface area contributed by atoms with E-state index >= 15 is 0 Å². The molecule has 0 aliphatic heterocycles. The van der Waals surface area contributed by atoms with E-state index in [1.807, 2.05) is 6.92 Å². The van der Waals surface area contributed by atoms with Crippen molar-refractivity contribution in [2.24, 2.45) is 17.6 Å². The molecule has 1 aromatic carbocycles. The molecule has 1 fully saturated rings. The molecule has 0 saturated heterocycles. The number of hydrogen-bond acceptors (Lipinski definition) is 3. The van der Waals surface area contributed by atoms with Crippen LogP contribution in [0.15, 0.2) is 18.2 Å². The maximum absolute atomic E-state index is 12.5. The first-order valence-corrected chi connectivity index (χ1v) is 7.96. The van der Waals surface area contributed by atoms with Gasteiger partial charge in [-0.05, 0) is 49.9 Å². The Morgan fingerprint density at radius 1 is 1.48 bits per heavy atom. The summed E-state index contributed by atoms with van der Waals surface area (Å²) < 4.78 is 5.66. The molecule has 0 heterocycles. The summed E-state index contributed by atoms with van der Waals surface area (Å²) in [6.07, 6.45) is 3.91. The van der Waals surface area contributed by atoms with Crippen molar-refractivity contribution >= 4 is 23.2 Å². The molecular formula is C16H23ClN2O2. The van der Waals surface area contributed by atoms with Crippen LogP contribution in [-0.4, -0.2) is 19.1 Å². The van der Waals surface area contributed by atoms with Crippen LogP contribution in [0.4, 0.5) is 5.69 Å². The number of hydrogen-bond donors (Lipinski definition) is 2. The number of nitrogens with two attached hydrogens (primary N) is 1. The van der Waals surface area contributed by atoms with E-state index in [1.54, 1.807) is 18.2 Å². The van der Waals surface area contributed by atoms with Crippen LogP contribution in [0.25, 0.3) is 0 Å². The quantitative estimate of drug-likeness (QED) is 0.846. The third kappa shape index (κ3) is 4.11. The van der Waals surface area contributed by atoms with Crippen LogP contribution in [0.1, 0.15) is 32.6 Å². The van der Waals surface area contributed by atoms with E-state index in [-0.39, 0.29) is 17.7 Å². The highest BCUT2D eigenvalue weighted by atomic mass is 35.5. The Kier molecular flexibility index (Phi) is 5.88. The third-order valence-corrected chi connectivity index (χ3v) is 4.19. The van der Waals surface area contributed by atoms with Crippen LogP contribution in [0, 0.1) is 11.8 Å². The van der Waals surface area contributed by atoms with Crippen molar-refractivity contribution in [1.29, 1.82) is 0 Å². The van der Waals surface area contributed by atoms with Gasteiger partial charge in [-0.25, -0.2) is 0 Å². The lowest BCUT2D eigenvalue weighted by molar-refractivity contribution is -0.120. The second kappa shape index (κ2) is 7.66. The molecule has 4 nitrogen and oxygen atoms in total. The third-order valence-electron chi connectivity index (χ3n) is 3.96. The van der Waals surface area contributed by atoms with E-state index in [0.717, 1.165) is 25.7 Å². The number of anilines is 1. The highest BCUT2D eigenvalue weighted by Gasteiger charge is 2.32. The molecule has 0 aromatic heterocycles. The molecule has 0 spiro atoms. The van der Waals surface area contributed by atoms with Gasteiger partial charge in [0.1, 0.15) is 5.75 Å². The van der Waals surface area contributed by atoms with E-state index < -0.39 is 0 Å². The largest absolute Gasteiger partial charge is 0.491 e. The number of benzene rings is 1. The lowest BCUT2D eigenvalue weighted by Gasteiger charge is -2.19. The van der Waals surface area contributed by atoms with Crippen molar-refractivity contribution in [1.82, 2.24) is 0 Å². The molecule has 5 heteroatoms. The number of halogens is 1. The standard InChI is InChI=1S/C16H23ClN2O2/c1-2-8-21-15-7-6-12(17)9-14(15)19-16(20)13-5-3-4-11(13)10-18/h6-7,9,11,13H,2-5,8,10,18H2,1H3,(H,19,20). The predicted molar refractivity (Wildman–Crippen MR) is 85.8 cm³/mol. The monoisotopic (exact) mass is 310 g/mol. The molecule has 1 amide bonds. The summed E-state index contributed by atoms with van der Waals surface area (Å²) in [5, 5.41) is 3.54. The number of carbonyl (C=O) groups excluding carboxylic acids is 1. The lowest BCUT2D eigenvalue weighted by Crippen LogP contribution is -2.29. The molecule has 0 bridgehead atoms. The summed E-state index contributed by atoms with van der Waals surface area (Å²) in [5.74, 6) is 0.959. The number of ether oxygens (including phenoxy) is 1. The summed E-state index contributed by atoms with van der Waals surface area (Å²) in [7, 11) is 0. The summed E-state index contributed by atoms with van der Waals surface area (Å²) in [4.78, 5) is 12.5. The van der Waals surface area contributed by atoms with Gasteiger partial charge in [0.05, 0.1) is 12.3 Å². The molecule has 1 aliphatic carbocycles. The van der Waals surface area contributed by atoms with Gasteiger partial charge in [0.2, 0.25) is 5.91 Å². The minimum atomic E-state index is -0.00648. The SMILES string of the molecule is CCCOc1ccc(Cl)cc1NC(=O)C1CCCC1CN. The second-order valence-corrected chi connectivity index (χ2v) is 5.95. The first kappa shape index (κ1) is 16.1. The minimum Gasteiger partial charge on any atom is -0.491 e. The Morgan fingerprint density at radius 3 is 3.00 bits per heavy atom. The minimum absolute atomic E-state index is 0.00648. The average molecular weight is 311 g/mol. The van der Waals surface area contributed by atoms with Crippen molar-refractivity contribution in [3.63, 3.8) is 0 Å². The Balaban J connectivity index is 2.10. The maximum Gasteiger partial charge on any atom is 0.227 e. The average Bonchev–Trinajstić information content (AvgIpc) is 2.95. The number of carbonyl (C=O) groups is 1. The van der Waals surface area contributed by atoms with Gasteiger partial charge in [0, 0.05) is 10.9 Å². The van der Waals surface area contributed by atoms with Crippen LogP contribution >= 0.6 is 11.6 Å². The predicted octanol–water partition coefficient (Wildman–Crippen LogP) is 3.44. The molecule has 2 unspecified atom stereocenters. The zero-order valence-electron chi connectivity index (χ0n) is 12.4. The number of rotatable bonds is 6. The van der Waals surface area contributed by atoms with Gasteiger partial charge in [0.15, 0.2) is 0 Å². The number of nitrogens with one attached hydrogen (secondary N) is 1. The van der Waals surface area contributed by atoms with Crippen molar-refractivity contribution < 1.29 is 9.53 Å². The van der Waals surface area contributed by atoms with E-state index in [0.29, 0.717) is 29.6 Å². The Bertz CT molecular complexity index is 493. The topological polar surface area (TPSA) is 64.3 Å². The van der Waals surface area contributed by atoms with E-state index in [4.69, 9.17) is 22.1 Å². The van der Waals surface area contributed by atoms with Crippen molar-refractivity contribution in [3.8, 4) is 5.75 Å². The van der Waals surface area contributed by atoms with E-state index in [9.17, 15) is 4.79 Å². The second-order valence-electron chi connectivity index (χ2n) is 5.51. The fourth-order valence-corrected chi connectivity index (χ4v) is 3.00. The van der Waals surface area contributed by atoms with E-state index in [2.05, 4.69) is 5.32 Å². The van der Waals surface area contributed by atoms with Gasteiger partial charge in [-0.1, -0.05) is 24.9 Å². The van der Waals surface area contributed by atoms with Crippen molar-refractivity contribution in [2.75, 3.05) is 18.5 Å². The molecular weight excluding hydrogens is 288 g/mol. The van der Waals surface area contributed by atoms with Crippen LogP contribution in [0.3, 0.4) is 0 Å². The fourth-order valence-electron chi connectivity index (χ4n) is 2.83. The van der Waals surface area contributed by atoms with Crippen molar-refractivity contribution in [3.05, 3.63) is 23.2 Å². The van der Waals surface area contributed by atoms with Gasteiger partial charge >= 0.3 is 0 Å². The molecule has 1 saturated carbocycles. The molecule has 2 rings (SSSR count). The molecule has 21 heavy (non-hydrogen) atoms. The normalized spacial score (nSPS) is 21.3. The first-order chi connectivity index (χ1) is 10.2. The van der Waals surface area contributed by atoms with Gasteiger partial charge in [-0.3, -0.25) is 4.79 Å². The summed E-state index contributed by atoms with van der Waals surface area (Å²) in [5.41, 5.74) is 6.39. The molecule has 1 aromatic rings. The lowest BCUT2D eigenvalue weighted by atomic mass is 9.95. The summed E-state index contributed by atoms with van der Waals surface area (Å²) in [6.45, 7) is 3.21. The summed E-state index contributed by atoms with van der Waals surface area (Å²) >= 11 is 6.02. The fraction of sp³-hybridized carbons (Fsp3) is 0.562. The van der Waals surface area contributed by atoms with Crippen LogP contribution < -0.4 is 15.8 Å². The Hall–Kier alpha value is -1.26. The Labute approximate surface area is 131 Å². The van der Waals surface area contributed by atoms with Crippen LogP contribution in [-0.2, 0) is 4.79 Å². The molecule has 2 atom stereocenters. The molecule has 3 N–H and O–H groups in total.